The normalized spacial score (nSPS) is 11.0. The van der Waals surface area contributed by atoms with E-state index in [1.807, 2.05) is 30.3 Å². The first-order valence-electron chi connectivity index (χ1n) is 8.64. The molecule has 0 saturated carbocycles. The summed E-state index contributed by atoms with van der Waals surface area (Å²) in [5, 5.41) is 0. The first kappa shape index (κ1) is 17.8. The zero-order valence-corrected chi connectivity index (χ0v) is 15.4. The lowest BCUT2D eigenvalue weighted by Crippen LogP contribution is -2.17. The fourth-order valence-corrected chi connectivity index (χ4v) is 3.19. The molecule has 2 heterocycles. The average molecular weight is 379 g/mol. The molecular formula is C21H18FN3O3. The maximum atomic E-state index is 13.5. The molecule has 0 saturated heterocycles. The highest BCUT2D eigenvalue weighted by Gasteiger charge is 2.13. The van der Waals surface area contributed by atoms with Gasteiger partial charge in [0, 0.05) is 23.4 Å². The van der Waals surface area contributed by atoms with E-state index >= 15 is 0 Å². The molecule has 0 radical (unpaired) electrons. The first-order valence-corrected chi connectivity index (χ1v) is 8.64. The van der Waals surface area contributed by atoms with Crippen LogP contribution >= 0.6 is 0 Å². The fraction of sp³-hybridized carbons (Fsp3) is 0.143. The number of aromatic amines is 1. The molecule has 6 nitrogen and oxygen atoms in total. The van der Waals surface area contributed by atoms with Gasteiger partial charge in [-0.05, 0) is 35.9 Å². The summed E-state index contributed by atoms with van der Waals surface area (Å²) in [5.41, 5.74) is 3.22. The van der Waals surface area contributed by atoms with Crippen LogP contribution in [0.2, 0.25) is 0 Å². The molecule has 0 aliphatic heterocycles. The Bertz CT molecular complexity index is 1210. The second kappa shape index (κ2) is 7.19. The third kappa shape index (κ3) is 3.22. The molecule has 0 amide bonds. The van der Waals surface area contributed by atoms with Crippen LogP contribution in [0.25, 0.3) is 22.3 Å². The highest BCUT2D eigenvalue weighted by Crippen LogP contribution is 2.31. The molecule has 0 spiro atoms. The Morgan fingerprint density at radius 2 is 1.96 bits per heavy atom. The van der Waals surface area contributed by atoms with E-state index in [1.54, 1.807) is 23.9 Å². The van der Waals surface area contributed by atoms with Crippen molar-refractivity contribution in [1.29, 1.82) is 0 Å². The van der Waals surface area contributed by atoms with Gasteiger partial charge < -0.3 is 9.47 Å². The van der Waals surface area contributed by atoms with Crippen molar-refractivity contribution < 1.29 is 13.9 Å². The highest BCUT2D eigenvalue weighted by atomic mass is 19.1. The largest absolute Gasteiger partial charge is 0.497 e. The lowest BCUT2D eigenvalue weighted by Gasteiger charge is -2.10. The third-order valence-corrected chi connectivity index (χ3v) is 4.58. The van der Waals surface area contributed by atoms with Gasteiger partial charge >= 0.3 is 5.69 Å². The van der Waals surface area contributed by atoms with Crippen LogP contribution in [-0.2, 0) is 6.54 Å². The van der Waals surface area contributed by atoms with Gasteiger partial charge in [0.05, 0.1) is 26.3 Å². The number of nitrogens with zero attached hydrogens (tertiary/aromatic N) is 2. The Kier molecular flexibility index (Phi) is 4.57. The van der Waals surface area contributed by atoms with Crippen molar-refractivity contribution >= 4 is 11.2 Å². The van der Waals surface area contributed by atoms with E-state index in [0.717, 1.165) is 16.9 Å². The van der Waals surface area contributed by atoms with Crippen molar-refractivity contribution in [3.63, 3.8) is 0 Å². The zero-order chi connectivity index (χ0) is 19.7. The molecule has 28 heavy (non-hydrogen) atoms. The maximum Gasteiger partial charge on any atom is 0.327 e. The molecule has 2 aromatic heterocycles. The van der Waals surface area contributed by atoms with Gasteiger partial charge in [0.25, 0.3) is 0 Å². The van der Waals surface area contributed by atoms with Crippen LogP contribution in [0.1, 0.15) is 5.56 Å². The summed E-state index contributed by atoms with van der Waals surface area (Å²) in [6.07, 6.45) is 1.63. The molecule has 0 aliphatic rings. The second-order valence-corrected chi connectivity index (χ2v) is 6.30. The molecule has 4 aromatic rings. The zero-order valence-electron chi connectivity index (χ0n) is 15.4. The molecule has 0 fully saturated rings. The van der Waals surface area contributed by atoms with Gasteiger partial charge in [-0.2, -0.15) is 0 Å². The third-order valence-electron chi connectivity index (χ3n) is 4.58. The van der Waals surface area contributed by atoms with E-state index in [0.29, 0.717) is 29.0 Å². The molecule has 0 unspecified atom stereocenters. The van der Waals surface area contributed by atoms with Gasteiger partial charge in [-0.1, -0.05) is 12.1 Å². The number of H-pyrrole nitrogens is 1. The summed E-state index contributed by atoms with van der Waals surface area (Å²) in [5.74, 6) is 0.741. The van der Waals surface area contributed by atoms with Crippen LogP contribution in [0.3, 0.4) is 0 Å². The number of fused-ring (bicyclic) bond motifs is 1. The molecule has 4 rings (SSSR count). The van der Waals surface area contributed by atoms with E-state index in [1.165, 1.54) is 19.2 Å². The quantitative estimate of drug-likeness (QED) is 0.575. The van der Waals surface area contributed by atoms with E-state index < -0.39 is 0 Å². The summed E-state index contributed by atoms with van der Waals surface area (Å²) in [4.78, 5) is 19.6. The minimum absolute atomic E-state index is 0.256. The summed E-state index contributed by atoms with van der Waals surface area (Å²) < 4.78 is 25.7. The number of halogens is 1. The van der Waals surface area contributed by atoms with Crippen LogP contribution < -0.4 is 15.2 Å². The number of rotatable bonds is 5. The van der Waals surface area contributed by atoms with Crippen LogP contribution in [0, 0.1) is 5.82 Å². The molecular weight excluding hydrogens is 361 g/mol. The van der Waals surface area contributed by atoms with E-state index in [-0.39, 0.29) is 11.5 Å². The SMILES string of the molecule is COc1cccc(Cn2c(=O)[nH]c3ncc(-c4ccc(F)cc4OC)cc32)c1. The van der Waals surface area contributed by atoms with Crippen LogP contribution in [-0.4, -0.2) is 28.8 Å². The Balaban J connectivity index is 1.81. The number of imidazole rings is 1. The van der Waals surface area contributed by atoms with Crippen LogP contribution in [0.15, 0.2) is 59.5 Å². The number of nitrogens with one attached hydrogen (secondary N) is 1. The van der Waals surface area contributed by atoms with Crippen molar-refractivity contribution in [2.45, 2.75) is 6.54 Å². The van der Waals surface area contributed by atoms with Crippen LogP contribution in [0.5, 0.6) is 11.5 Å². The monoisotopic (exact) mass is 379 g/mol. The highest BCUT2D eigenvalue weighted by molar-refractivity contribution is 5.80. The van der Waals surface area contributed by atoms with Crippen LogP contribution in [0.4, 0.5) is 4.39 Å². The lowest BCUT2D eigenvalue weighted by molar-refractivity contribution is 0.413. The molecule has 0 bridgehead atoms. The summed E-state index contributed by atoms with van der Waals surface area (Å²) in [6, 6.07) is 13.7. The summed E-state index contributed by atoms with van der Waals surface area (Å²) >= 11 is 0. The van der Waals surface area contributed by atoms with Crippen molar-refractivity contribution in [3.8, 4) is 22.6 Å². The standard InChI is InChI=1S/C21H18FN3O3/c1-27-16-5-3-4-13(8-16)12-25-18-9-14(11-23-20(18)24-21(25)26)17-7-6-15(22)10-19(17)28-2/h3-11H,12H2,1-2H3,(H,23,24,26). The fourth-order valence-electron chi connectivity index (χ4n) is 3.19. The Hall–Kier alpha value is -3.61. The molecule has 1 N–H and O–H groups in total. The Labute approximate surface area is 160 Å². The predicted molar refractivity (Wildman–Crippen MR) is 104 cm³/mol. The van der Waals surface area contributed by atoms with E-state index in [2.05, 4.69) is 9.97 Å². The van der Waals surface area contributed by atoms with Gasteiger partial charge in [0.2, 0.25) is 0 Å². The number of methoxy groups -OCH3 is 2. The Morgan fingerprint density at radius 3 is 2.75 bits per heavy atom. The number of pyridine rings is 1. The molecule has 7 heteroatoms. The first-order chi connectivity index (χ1) is 13.6. The average Bonchev–Trinajstić information content (AvgIpc) is 3.02. The van der Waals surface area contributed by atoms with Crippen molar-refractivity contribution in [2.24, 2.45) is 0 Å². The number of ether oxygens (including phenoxy) is 2. The number of aromatic nitrogens is 3. The molecule has 0 atom stereocenters. The summed E-state index contributed by atoms with van der Waals surface area (Å²) in [6.45, 7) is 0.363. The van der Waals surface area contributed by atoms with Gasteiger partial charge in [-0.15, -0.1) is 0 Å². The van der Waals surface area contributed by atoms with Gasteiger partial charge in [-0.3, -0.25) is 9.55 Å². The molecule has 142 valence electrons. The van der Waals surface area contributed by atoms with Crippen molar-refractivity contribution in [2.75, 3.05) is 14.2 Å². The number of hydrogen-bond donors (Lipinski definition) is 1. The van der Waals surface area contributed by atoms with Gasteiger partial charge in [-0.25, -0.2) is 14.2 Å². The van der Waals surface area contributed by atoms with Gasteiger partial charge in [0.15, 0.2) is 5.65 Å². The maximum absolute atomic E-state index is 13.5. The topological polar surface area (TPSA) is 69.1 Å². The second-order valence-electron chi connectivity index (χ2n) is 6.30. The molecule has 0 aliphatic carbocycles. The minimum Gasteiger partial charge on any atom is -0.497 e. The van der Waals surface area contributed by atoms with Crippen molar-refractivity contribution in [1.82, 2.24) is 14.5 Å². The van der Waals surface area contributed by atoms with E-state index in [9.17, 15) is 9.18 Å². The predicted octanol–water partition coefficient (Wildman–Crippen LogP) is 3.60. The smallest absolute Gasteiger partial charge is 0.327 e. The molecule has 2 aromatic carbocycles. The minimum atomic E-state index is -0.383. The Morgan fingerprint density at radius 1 is 1.11 bits per heavy atom. The lowest BCUT2D eigenvalue weighted by atomic mass is 10.1. The summed E-state index contributed by atoms with van der Waals surface area (Å²) in [7, 11) is 3.09. The number of benzene rings is 2. The van der Waals surface area contributed by atoms with Crippen molar-refractivity contribution in [3.05, 3.63) is 76.6 Å². The van der Waals surface area contributed by atoms with Gasteiger partial charge in [0.1, 0.15) is 17.3 Å². The number of hydrogen-bond acceptors (Lipinski definition) is 4. The van der Waals surface area contributed by atoms with E-state index in [4.69, 9.17) is 9.47 Å².